The molecule has 4 heteroatoms. The lowest BCUT2D eigenvalue weighted by Gasteiger charge is -2.14. The minimum absolute atomic E-state index is 0.319. The van der Waals surface area contributed by atoms with Crippen LogP contribution in [0.3, 0.4) is 0 Å². The van der Waals surface area contributed by atoms with Gasteiger partial charge in [-0.3, -0.25) is 0 Å². The molecule has 0 fully saturated rings. The fourth-order valence-electron chi connectivity index (χ4n) is 1.05. The first-order valence-electron chi connectivity index (χ1n) is 4.68. The predicted octanol–water partition coefficient (Wildman–Crippen LogP) is 1.60. The highest BCUT2D eigenvalue weighted by molar-refractivity contribution is 5.16. The van der Waals surface area contributed by atoms with Crippen molar-refractivity contribution in [3.63, 3.8) is 0 Å². The fourth-order valence-corrected chi connectivity index (χ4v) is 1.05. The fraction of sp³-hybridized carbons (Fsp3) is 0.500. The zero-order valence-electron chi connectivity index (χ0n) is 8.46. The summed E-state index contributed by atoms with van der Waals surface area (Å²) in [6.07, 6.45) is 2.38. The Morgan fingerprint density at radius 2 is 2.36 bits per heavy atom. The molecule has 0 aliphatic rings. The van der Waals surface area contributed by atoms with Crippen molar-refractivity contribution in [1.29, 1.82) is 0 Å². The van der Waals surface area contributed by atoms with E-state index in [1.165, 1.54) is 12.3 Å². The molecule has 1 aromatic rings. The first-order valence-corrected chi connectivity index (χ1v) is 4.68. The molecule has 0 radical (unpaired) electrons. The summed E-state index contributed by atoms with van der Waals surface area (Å²) in [5.41, 5.74) is 0. The van der Waals surface area contributed by atoms with Crippen molar-refractivity contribution in [2.75, 3.05) is 13.7 Å². The molecule has 3 nitrogen and oxygen atoms in total. The number of pyridine rings is 1. The third-order valence-electron chi connectivity index (χ3n) is 2.05. The average molecular weight is 198 g/mol. The van der Waals surface area contributed by atoms with Crippen LogP contribution in [-0.4, -0.2) is 24.7 Å². The van der Waals surface area contributed by atoms with Crippen molar-refractivity contribution < 1.29 is 9.13 Å². The van der Waals surface area contributed by atoms with Crippen LogP contribution in [0.15, 0.2) is 18.3 Å². The van der Waals surface area contributed by atoms with Gasteiger partial charge in [0.1, 0.15) is 12.4 Å². The van der Waals surface area contributed by atoms with Crippen LogP contribution in [0.5, 0.6) is 5.75 Å². The molecule has 1 atom stereocenters. The molecule has 0 unspecified atom stereocenters. The Labute approximate surface area is 83.3 Å². The van der Waals surface area contributed by atoms with Gasteiger partial charge in [-0.05, 0) is 25.6 Å². The second kappa shape index (κ2) is 5.54. The van der Waals surface area contributed by atoms with E-state index in [4.69, 9.17) is 4.74 Å². The van der Waals surface area contributed by atoms with Crippen LogP contribution in [-0.2, 0) is 0 Å². The maximum absolute atomic E-state index is 12.4. The van der Waals surface area contributed by atoms with Crippen LogP contribution in [0.2, 0.25) is 0 Å². The number of nitrogens with zero attached hydrogens (tertiary/aromatic N) is 1. The summed E-state index contributed by atoms with van der Waals surface area (Å²) in [4.78, 5) is 3.50. The highest BCUT2D eigenvalue weighted by Crippen LogP contribution is 2.08. The van der Waals surface area contributed by atoms with Crippen molar-refractivity contribution in [3.05, 3.63) is 24.3 Å². The van der Waals surface area contributed by atoms with Gasteiger partial charge in [-0.2, -0.15) is 4.39 Å². The first kappa shape index (κ1) is 10.9. The molecule has 0 bridgehead atoms. The van der Waals surface area contributed by atoms with E-state index in [0.29, 0.717) is 18.4 Å². The van der Waals surface area contributed by atoms with Crippen LogP contribution in [0.4, 0.5) is 4.39 Å². The summed E-state index contributed by atoms with van der Waals surface area (Å²) >= 11 is 0. The van der Waals surface area contributed by atoms with E-state index in [2.05, 4.69) is 17.2 Å². The first-order chi connectivity index (χ1) is 6.76. The highest BCUT2D eigenvalue weighted by Gasteiger charge is 2.03. The average Bonchev–Trinajstić information content (AvgIpc) is 2.22. The number of aromatic nitrogens is 1. The van der Waals surface area contributed by atoms with Crippen molar-refractivity contribution in [2.45, 2.75) is 19.4 Å². The monoisotopic (exact) mass is 198 g/mol. The Hall–Kier alpha value is -1.16. The van der Waals surface area contributed by atoms with E-state index in [0.717, 1.165) is 6.42 Å². The summed E-state index contributed by atoms with van der Waals surface area (Å²) in [5.74, 6) is 0.109. The van der Waals surface area contributed by atoms with Crippen molar-refractivity contribution in [1.82, 2.24) is 10.3 Å². The molecule has 1 aromatic heterocycles. The van der Waals surface area contributed by atoms with Gasteiger partial charge in [-0.15, -0.1) is 0 Å². The number of hydrogen-bond donors (Lipinski definition) is 1. The second-order valence-corrected chi connectivity index (χ2v) is 3.02. The van der Waals surface area contributed by atoms with Crippen LogP contribution in [0.1, 0.15) is 13.3 Å². The highest BCUT2D eigenvalue weighted by atomic mass is 19.1. The minimum Gasteiger partial charge on any atom is -0.490 e. The van der Waals surface area contributed by atoms with Gasteiger partial charge in [-0.25, -0.2) is 4.98 Å². The van der Waals surface area contributed by atoms with E-state index in [-0.39, 0.29) is 0 Å². The van der Waals surface area contributed by atoms with Gasteiger partial charge in [0.15, 0.2) is 0 Å². The number of hydrogen-bond acceptors (Lipinski definition) is 3. The third kappa shape index (κ3) is 3.30. The van der Waals surface area contributed by atoms with Crippen LogP contribution < -0.4 is 10.1 Å². The lowest BCUT2D eigenvalue weighted by molar-refractivity contribution is 0.265. The van der Waals surface area contributed by atoms with Gasteiger partial charge in [0, 0.05) is 6.04 Å². The molecule has 0 saturated heterocycles. The molecule has 1 rings (SSSR count). The lowest BCUT2D eigenvalue weighted by Crippen LogP contribution is -2.30. The standard InChI is InChI=1S/C10H15FN2O/c1-3-8(12-2)7-14-9-4-5-10(11)13-6-9/h4-6,8,12H,3,7H2,1-2H3/t8-/m1/s1. The Balaban J connectivity index is 2.41. The summed E-state index contributed by atoms with van der Waals surface area (Å²) in [7, 11) is 1.89. The molecule has 0 saturated carbocycles. The maximum atomic E-state index is 12.4. The number of nitrogens with one attached hydrogen (secondary N) is 1. The maximum Gasteiger partial charge on any atom is 0.213 e. The molecule has 0 amide bonds. The Bertz CT molecular complexity index is 259. The van der Waals surface area contributed by atoms with Crippen LogP contribution in [0.25, 0.3) is 0 Å². The summed E-state index contributed by atoms with van der Waals surface area (Å²) in [6, 6.07) is 3.18. The molecular formula is C10H15FN2O. The van der Waals surface area contributed by atoms with Crippen molar-refractivity contribution in [2.24, 2.45) is 0 Å². The smallest absolute Gasteiger partial charge is 0.213 e. The molecule has 78 valence electrons. The van der Waals surface area contributed by atoms with Gasteiger partial charge in [0.25, 0.3) is 0 Å². The minimum atomic E-state index is -0.488. The molecule has 0 aliphatic heterocycles. The zero-order chi connectivity index (χ0) is 10.4. The number of ether oxygens (including phenoxy) is 1. The van der Waals surface area contributed by atoms with Gasteiger partial charge in [0.05, 0.1) is 6.20 Å². The topological polar surface area (TPSA) is 34.1 Å². The van der Waals surface area contributed by atoms with E-state index >= 15 is 0 Å². The van der Waals surface area contributed by atoms with Gasteiger partial charge in [0.2, 0.25) is 5.95 Å². The molecule has 14 heavy (non-hydrogen) atoms. The summed E-state index contributed by atoms with van der Waals surface area (Å²) in [5, 5.41) is 3.11. The predicted molar refractivity (Wildman–Crippen MR) is 52.8 cm³/mol. The Kier molecular flexibility index (Phi) is 4.32. The SMILES string of the molecule is CC[C@H](COc1ccc(F)nc1)NC. The van der Waals surface area contributed by atoms with Gasteiger partial charge < -0.3 is 10.1 Å². The largest absolute Gasteiger partial charge is 0.490 e. The normalized spacial score (nSPS) is 12.5. The van der Waals surface area contributed by atoms with E-state index < -0.39 is 5.95 Å². The Morgan fingerprint density at radius 3 is 2.86 bits per heavy atom. The molecule has 0 spiro atoms. The van der Waals surface area contributed by atoms with Crippen LogP contribution >= 0.6 is 0 Å². The molecule has 1 heterocycles. The second-order valence-electron chi connectivity index (χ2n) is 3.02. The molecular weight excluding hydrogens is 183 g/mol. The lowest BCUT2D eigenvalue weighted by atomic mass is 10.2. The van der Waals surface area contributed by atoms with Crippen molar-refractivity contribution in [3.8, 4) is 5.75 Å². The zero-order valence-corrected chi connectivity index (χ0v) is 8.46. The summed E-state index contributed by atoms with van der Waals surface area (Å²) < 4.78 is 17.9. The van der Waals surface area contributed by atoms with E-state index in [9.17, 15) is 4.39 Å². The Morgan fingerprint density at radius 1 is 1.57 bits per heavy atom. The number of halogens is 1. The van der Waals surface area contributed by atoms with Crippen molar-refractivity contribution >= 4 is 0 Å². The van der Waals surface area contributed by atoms with Gasteiger partial charge >= 0.3 is 0 Å². The molecule has 0 aliphatic carbocycles. The van der Waals surface area contributed by atoms with E-state index in [1.807, 2.05) is 7.05 Å². The van der Waals surface area contributed by atoms with E-state index in [1.54, 1.807) is 6.07 Å². The molecule has 0 aromatic carbocycles. The quantitative estimate of drug-likeness (QED) is 0.730. The molecule has 1 N–H and O–H groups in total. The summed E-state index contributed by atoms with van der Waals surface area (Å²) in [6.45, 7) is 2.65. The third-order valence-corrected chi connectivity index (χ3v) is 2.05. The van der Waals surface area contributed by atoms with Crippen LogP contribution in [0, 0.1) is 5.95 Å². The number of likely N-dealkylation sites (N-methyl/N-ethyl adjacent to an activating group) is 1. The van der Waals surface area contributed by atoms with Gasteiger partial charge in [-0.1, -0.05) is 6.92 Å². The number of rotatable bonds is 5.